The van der Waals surface area contributed by atoms with Crippen LogP contribution in [-0.4, -0.2) is 24.9 Å². The topological polar surface area (TPSA) is 68.5 Å². The Morgan fingerprint density at radius 2 is 1.88 bits per heavy atom. The van der Waals surface area contributed by atoms with Gasteiger partial charge in [-0.1, -0.05) is 29.8 Å². The predicted molar refractivity (Wildman–Crippen MR) is 124 cm³/mol. The molecule has 2 heterocycles. The minimum atomic E-state index is -0.449. The first kappa shape index (κ1) is 21.8. The van der Waals surface area contributed by atoms with E-state index in [1.165, 1.54) is 29.5 Å². The van der Waals surface area contributed by atoms with E-state index < -0.39 is 5.97 Å². The molecule has 5 nitrogen and oxygen atoms in total. The molecular weight excluding hydrogens is 429 g/mol. The molecule has 0 saturated carbocycles. The number of hydrogen-bond donors (Lipinski definition) is 1. The van der Waals surface area contributed by atoms with Crippen LogP contribution in [0.3, 0.4) is 0 Å². The monoisotopic (exact) mass is 451 g/mol. The van der Waals surface area contributed by atoms with Crippen LogP contribution in [0.1, 0.15) is 39.0 Å². The molecule has 4 aromatic rings. The van der Waals surface area contributed by atoms with E-state index in [-0.39, 0.29) is 30.5 Å². The number of Topliss-reactive ketones (excluding diaryl/α,β-unsaturated/α-hetero) is 1. The van der Waals surface area contributed by atoms with Gasteiger partial charge in [0.05, 0.1) is 13.2 Å². The van der Waals surface area contributed by atoms with Crippen molar-refractivity contribution in [1.29, 1.82) is 0 Å². The molecule has 4 rings (SSSR count). The molecule has 0 radical (unpaired) electrons. The molecule has 32 heavy (non-hydrogen) atoms. The average Bonchev–Trinajstić information content (AvgIpc) is 3.34. The van der Waals surface area contributed by atoms with Gasteiger partial charge in [-0.2, -0.15) is 0 Å². The zero-order chi connectivity index (χ0) is 22.8. The fourth-order valence-electron chi connectivity index (χ4n) is 3.54. The fraction of sp³-hybridized carbons (Fsp3) is 0.200. The Morgan fingerprint density at radius 1 is 1.12 bits per heavy atom. The Bertz CT molecular complexity index is 1300. The Hall–Kier alpha value is -3.45. The second-order valence-electron chi connectivity index (χ2n) is 7.41. The number of furan rings is 1. The van der Waals surface area contributed by atoms with Crippen LogP contribution in [-0.2, 0) is 4.74 Å². The van der Waals surface area contributed by atoms with E-state index in [1.54, 1.807) is 13.8 Å². The number of anilines is 1. The van der Waals surface area contributed by atoms with Crippen LogP contribution in [0.4, 0.5) is 9.39 Å². The van der Waals surface area contributed by atoms with Gasteiger partial charge >= 0.3 is 5.97 Å². The molecule has 2 aromatic heterocycles. The zero-order valence-corrected chi connectivity index (χ0v) is 18.8. The normalized spacial score (nSPS) is 11.0. The molecule has 0 atom stereocenters. The van der Waals surface area contributed by atoms with Crippen molar-refractivity contribution >= 4 is 39.1 Å². The summed E-state index contributed by atoms with van der Waals surface area (Å²) in [4.78, 5) is 25.6. The lowest BCUT2D eigenvalue weighted by atomic mass is 10.0. The molecule has 0 bridgehead atoms. The summed E-state index contributed by atoms with van der Waals surface area (Å²) in [5, 5.41) is 6.06. The van der Waals surface area contributed by atoms with Crippen molar-refractivity contribution in [2.75, 3.05) is 18.5 Å². The number of aryl methyl sites for hydroxylation is 2. The van der Waals surface area contributed by atoms with Crippen LogP contribution in [0.2, 0.25) is 0 Å². The van der Waals surface area contributed by atoms with E-state index >= 15 is 0 Å². The second kappa shape index (κ2) is 8.96. The standard InChI is InChI=1S/C25H22FNO4S/c1-4-30-25(29)22-19(16-7-5-14(2)6-8-16)13-32-24(22)27-12-20(28)23-15(3)18-11-17(26)9-10-21(18)31-23/h5-11,13,27H,4,12H2,1-3H3. The van der Waals surface area contributed by atoms with Gasteiger partial charge in [0.25, 0.3) is 0 Å². The van der Waals surface area contributed by atoms with Crippen molar-refractivity contribution in [2.45, 2.75) is 20.8 Å². The molecule has 0 aliphatic heterocycles. The first-order valence-electron chi connectivity index (χ1n) is 10.2. The Labute approximate surface area is 188 Å². The van der Waals surface area contributed by atoms with Crippen molar-refractivity contribution in [3.63, 3.8) is 0 Å². The molecule has 0 unspecified atom stereocenters. The van der Waals surface area contributed by atoms with E-state index in [4.69, 9.17) is 9.15 Å². The SMILES string of the molecule is CCOC(=O)c1c(-c2ccc(C)cc2)csc1NCC(=O)c1oc2ccc(F)cc2c1C. The molecular formula is C25H22FNO4S. The number of carbonyl (C=O) groups is 2. The molecule has 1 N–H and O–H groups in total. The van der Waals surface area contributed by atoms with Gasteiger partial charge < -0.3 is 14.5 Å². The number of halogens is 1. The summed E-state index contributed by atoms with van der Waals surface area (Å²) in [6, 6.07) is 12.0. The maximum Gasteiger partial charge on any atom is 0.341 e. The number of thiophene rings is 1. The van der Waals surface area contributed by atoms with Gasteiger partial charge in [0.1, 0.15) is 22.0 Å². The van der Waals surface area contributed by atoms with E-state index in [0.717, 1.165) is 16.7 Å². The first-order valence-corrected chi connectivity index (χ1v) is 11.1. The van der Waals surface area contributed by atoms with Gasteiger partial charge in [-0.15, -0.1) is 11.3 Å². The predicted octanol–water partition coefficient (Wildman–Crippen LogP) is 6.39. The summed E-state index contributed by atoms with van der Waals surface area (Å²) in [5.74, 6) is -0.959. The summed E-state index contributed by atoms with van der Waals surface area (Å²) in [5.41, 5.74) is 4.20. The minimum Gasteiger partial charge on any atom is -0.462 e. The number of ether oxygens (including phenoxy) is 1. The molecule has 0 fully saturated rings. The molecule has 2 aromatic carbocycles. The third kappa shape index (κ3) is 4.16. The lowest BCUT2D eigenvalue weighted by Gasteiger charge is -2.09. The number of hydrogen-bond acceptors (Lipinski definition) is 6. The molecule has 0 aliphatic rings. The van der Waals surface area contributed by atoms with Gasteiger partial charge in [0, 0.05) is 21.9 Å². The lowest BCUT2D eigenvalue weighted by Crippen LogP contribution is -2.16. The van der Waals surface area contributed by atoms with Crippen LogP contribution in [0.25, 0.3) is 22.1 Å². The third-order valence-corrected chi connectivity index (χ3v) is 6.13. The van der Waals surface area contributed by atoms with Crippen LogP contribution >= 0.6 is 11.3 Å². The number of ketones is 1. The van der Waals surface area contributed by atoms with Gasteiger partial charge in [0.2, 0.25) is 5.78 Å². The molecule has 0 aliphatic carbocycles. The van der Waals surface area contributed by atoms with Crippen molar-refractivity contribution < 1.29 is 23.1 Å². The molecule has 0 amide bonds. The van der Waals surface area contributed by atoms with Crippen LogP contribution < -0.4 is 5.32 Å². The number of nitrogens with one attached hydrogen (secondary N) is 1. The Balaban J connectivity index is 1.61. The third-order valence-electron chi connectivity index (χ3n) is 5.19. The Kier molecular flexibility index (Phi) is 6.10. The van der Waals surface area contributed by atoms with Crippen molar-refractivity contribution in [1.82, 2.24) is 0 Å². The summed E-state index contributed by atoms with van der Waals surface area (Å²) >= 11 is 1.33. The highest BCUT2D eigenvalue weighted by atomic mass is 32.1. The van der Waals surface area contributed by atoms with E-state index in [9.17, 15) is 14.0 Å². The van der Waals surface area contributed by atoms with Gasteiger partial charge in [-0.3, -0.25) is 4.79 Å². The number of fused-ring (bicyclic) bond motifs is 1. The number of esters is 1. The van der Waals surface area contributed by atoms with Gasteiger partial charge in [0.15, 0.2) is 5.76 Å². The Morgan fingerprint density at radius 3 is 2.59 bits per heavy atom. The molecule has 0 saturated heterocycles. The molecule has 0 spiro atoms. The van der Waals surface area contributed by atoms with E-state index in [2.05, 4.69) is 5.32 Å². The van der Waals surface area contributed by atoms with Gasteiger partial charge in [-0.25, -0.2) is 9.18 Å². The quantitative estimate of drug-likeness (QED) is 0.260. The summed E-state index contributed by atoms with van der Waals surface area (Å²) < 4.78 is 24.5. The van der Waals surface area contributed by atoms with Crippen molar-refractivity contribution in [3.8, 4) is 11.1 Å². The number of rotatable bonds is 7. The largest absolute Gasteiger partial charge is 0.462 e. The summed E-state index contributed by atoms with van der Waals surface area (Å²) in [7, 11) is 0. The lowest BCUT2D eigenvalue weighted by molar-refractivity contribution is 0.0528. The number of benzene rings is 2. The second-order valence-corrected chi connectivity index (χ2v) is 8.29. The molecule has 7 heteroatoms. The number of carbonyl (C=O) groups excluding carboxylic acids is 2. The molecule has 164 valence electrons. The van der Waals surface area contributed by atoms with Crippen LogP contribution in [0, 0.1) is 19.7 Å². The fourth-order valence-corrected chi connectivity index (χ4v) is 4.50. The zero-order valence-electron chi connectivity index (χ0n) is 18.0. The first-order chi connectivity index (χ1) is 15.4. The smallest absolute Gasteiger partial charge is 0.341 e. The highest BCUT2D eigenvalue weighted by molar-refractivity contribution is 7.15. The minimum absolute atomic E-state index is 0.0800. The van der Waals surface area contributed by atoms with E-state index in [0.29, 0.717) is 27.1 Å². The van der Waals surface area contributed by atoms with Gasteiger partial charge in [-0.05, 0) is 44.5 Å². The summed E-state index contributed by atoms with van der Waals surface area (Å²) in [6.45, 7) is 5.64. The van der Waals surface area contributed by atoms with Crippen LogP contribution in [0.5, 0.6) is 0 Å². The maximum atomic E-state index is 13.6. The average molecular weight is 452 g/mol. The highest BCUT2D eigenvalue weighted by Gasteiger charge is 2.23. The summed E-state index contributed by atoms with van der Waals surface area (Å²) in [6.07, 6.45) is 0. The maximum absolute atomic E-state index is 13.6. The van der Waals surface area contributed by atoms with E-state index in [1.807, 2.05) is 36.6 Å². The van der Waals surface area contributed by atoms with Crippen LogP contribution in [0.15, 0.2) is 52.3 Å². The highest BCUT2D eigenvalue weighted by Crippen LogP contribution is 2.36. The van der Waals surface area contributed by atoms with Crippen molar-refractivity contribution in [2.24, 2.45) is 0 Å². The van der Waals surface area contributed by atoms with Crippen molar-refractivity contribution in [3.05, 3.63) is 76.1 Å².